The van der Waals surface area contributed by atoms with Gasteiger partial charge in [0.2, 0.25) is 5.91 Å². The quantitative estimate of drug-likeness (QED) is 0.317. The second-order valence-electron chi connectivity index (χ2n) is 11.1. The van der Waals surface area contributed by atoms with Gasteiger partial charge in [-0.05, 0) is 52.0 Å². The fraction of sp³-hybridized carbons (Fsp3) is 0.962. The summed E-state index contributed by atoms with van der Waals surface area (Å²) in [7, 11) is 0. The summed E-state index contributed by atoms with van der Waals surface area (Å²) >= 11 is 0. The summed E-state index contributed by atoms with van der Waals surface area (Å²) in [5.74, 6) is 1.06. The first-order chi connectivity index (χ1) is 17.1. The van der Waals surface area contributed by atoms with Gasteiger partial charge in [0.05, 0.1) is 31.1 Å². The van der Waals surface area contributed by atoms with Crippen molar-refractivity contribution in [3.05, 3.63) is 0 Å². The first kappa shape index (κ1) is 27.2. The zero-order valence-corrected chi connectivity index (χ0v) is 21.8. The fourth-order valence-corrected chi connectivity index (χ4v) is 6.75. The number of nitrogens with two attached hydrogens (primary N) is 2. The third-order valence-electron chi connectivity index (χ3n) is 8.83. The van der Waals surface area contributed by atoms with Gasteiger partial charge in [-0.15, -0.1) is 0 Å². The van der Waals surface area contributed by atoms with Crippen LogP contribution in [0.15, 0.2) is 0 Å². The van der Waals surface area contributed by atoms with E-state index in [1.54, 1.807) is 0 Å². The maximum atomic E-state index is 13.0. The molecule has 9 nitrogen and oxygen atoms in total. The SMILES string of the molecule is CCOC1CCCCC1CNC(=O)C1CCCC(NCC(N)N2CCOC3CNCCC3C2N)C1. The van der Waals surface area contributed by atoms with Crippen LogP contribution in [0.3, 0.4) is 0 Å². The molecule has 2 aliphatic heterocycles. The van der Waals surface area contributed by atoms with Crippen LogP contribution < -0.4 is 27.4 Å². The summed E-state index contributed by atoms with van der Waals surface area (Å²) < 4.78 is 12.0. The number of nitrogens with zero attached hydrogens (tertiary/aromatic N) is 1. The molecule has 4 aliphatic rings. The van der Waals surface area contributed by atoms with Crippen molar-refractivity contribution < 1.29 is 14.3 Å². The van der Waals surface area contributed by atoms with Crippen molar-refractivity contribution in [2.45, 2.75) is 95.3 Å². The molecule has 0 bridgehead atoms. The lowest BCUT2D eigenvalue weighted by molar-refractivity contribution is -0.126. The summed E-state index contributed by atoms with van der Waals surface area (Å²) in [6, 6.07) is 0.322. The van der Waals surface area contributed by atoms with Gasteiger partial charge in [-0.2, -0.15) is 0 Å². The van der Waals surface area contributed by atoms with Gasteiger partial charge in [0.1, 0.15) is 0 Å². The summed E-state index contributed by atoms with van der Waals surface area (Å²) in [5, 5.41) is 10.4. The number of amides is 1. The molecule has 0 spiro atoms. The number of carbonyl (C=O) groups is 1. The topological polar surface area (TPSA) is 127 Å². The Kier molecular flexibility index (Phi) is 10.6. The Labute approximate surface area is 211 Å². The number of hydrogen-bond acceptors (Lipinski definition) is 8. The van der Waals surface area contributed by atoms with Gasteiger partial charge in [-0.25, -0.2) is 0 Å². The van der Waals surface area contributed by atoms with E-state index in [2.05, 4.69) is 27.8 Å². The van der Waals surface area contributed by atoms with E-state index in [4.69, 9.17) is 20.9 Å². The van der Waals surface area contributed by atoms with Crippen molar-refractivity contribution in [1.82, 2.24) is 20.9 Å². The fourth-order valence-electron chi connectivity index (χ4n) is 6.75. The zero-order chi connectivity index (χ0) is 24.6. The number of rotatable bonds is 9. The minimum absolute atomic E-state index is 0.0772. The summed E-state index contributed by atoms with van der Waals surface area (Å²) in [6.07, 6.45) is 10.0. The van der Waals surface area contributed by atoms with E-state index in [1.165, 1.54) is 12.8 Å². The van der Waals surface area contributed by atoms with E-state index in [9.17, 15) is 4.79 Å². The van der Waals surface area contributed by atoms with Crippen LogP contribution >= 0.6 is 0 Å². The second-order valence-corrected chi connectivity index (χ2v) is 11.1. The lowest BCUT2D eigenvalue weighted by atomic mass is 9.84. The Morgan fingerprint density at radius 3 is 2.91 bits per heavy atom. The molecule has 2 saturated heterocycles. The first-order valence-corrected chi connectivity index (χ1v) is 14.3. The van der Waals surface area contributed by atoms with Gasteiger partial charge in [0.15, 0.2) is 0 Å². The molecular weight excluding hydrogens is 444 g/mol. The van der Waals surface area contributed by atoms with Gasteiger partial charge in [0.25, 0.3) is 0 Å². The first-order valence-electron chi connectivity index (χ1n) is 14.3. The minimum atomic E-state index is -0.154. The smallest absolute Gasteiger partial charge is 0.223 e. The molecule has 2 heterocycles. The maximum Gasteiger partial charge on any atom is 0.223 e. The predicted octanol–water partition coefficient (Wildman–Crippen LogP) is 0.726. The van der Waals surface area contributed by atoms with Crippen LogP contribution in [-0.2, 0) is 14.3 Å². The molecule has 202 valence electrons. The average Bonchev–Trinajstić information content (AvgIpc) is 3.06. The molecule has 0 aromatic carbocycles. The predicted molar refractivity (Wildman–Crippen MR) is 138 cm³/mol. The lowest BCUT2D eigenvalue weighted by Gasteiger charge is -2.40. The number of hydrogen-bond donors (Lipinski definition) is 5. The molecule has 4 fully saturated rings. The average molecular weight is 495 g/mol. The minimum Gasteiger partial charge on any atom is -0.378 e. The molecule has 2 aliphatic carbocycles. The molecule has 1 amide bonds. The van der Waals surface area contributed by atoms with Crippen molar-refractivity contribution in [2.75, 3.05) is 45.9 Å². The monoisotopic (exact) mass is 494 g/mol. The number of nitrogens with one attached hydrogen (secondary N) is 3. The van der Waals surface area contributed by atoms with E-state index >= 15 is 0 Å². The van der Waals surface area contributed by atoms with Crippen molar-refractivity contribution in [1.29, 1.82) is 0 Å². The Hall–Kier alpha value is -0.810. The summed E-state index contributed by atoms with van der Waals surface area (Å²) in [6.45, 7) is 7.52. The highest BCUT2D eigenvalue weighted by atomic mass is 16.5. The lowest BCUT2D eigenvalue weighted by Crippen LogP contribution is -2.61. The highest BCUT2D eigenvalue weighted by molar-refractivity contribution is 5.78. The van der Waals surface area contributed by atoms with Gasteiger partial charge in [-0.3, -0.25) is 9.69 Å². The van der Waals surface area contributed by atoms with E-state index in [0.29, 0.717) is 37.1 Å². The Morgan fingerprint density at radius 1 is 1.20 bits per heavy atom. The van der Waals surface area contributed by atoms with Gasteiger partial charge < -0.3 is 36.9 Å². The largest absolute Gasteiger partial charge is 0.378 e. The zero-order valence-electron chi connectivity index (χ0n) is 21.8. The van der Waals surface area contributed by atoms with E-state index in [-0.39, 0.29) is 30.3 Å². The number of fused-ring (bicyclic) bond motifs is 1. The standard InChI is InChI=1S/C26H50N6O3/c1-2-34-22-9-4-3-6-19(22)15-31-26(33)18-7-5-8-20(14-18)30-17-24(27)32-12-13-35-23-16-29-11-10-21(23)25(32)28/h18-25,29-30H,2-17,27-28H2,1H3,(H,31,33). The van der Waals surface area contributed by atoms with Crippen molar-refractivity contribution in [3.8, 4) is 0 Å². The number of ether oxygens (including phenoxy) is 2. The van der Waals surface area contributed by atoms with Gasteiger partial charge in [-0.1, -0.05) is 19.3 Å². The maximum absolute atomic E-state index is 13.0. The van der Waals surface area contributed by atoms with Crippen LogP contribution in [-0.4, -0.2) is 87.3 Å². The summed E-state index contributed by atoms with van der Waals surface area (Å²) in [5.41, 5.74) is 13.3. The van der Waals surface area contributed by atoms with Gasteiger partial charge >= 0.3 is 0 Å². The van der Waals surface area contributed by atoms with Crippen molar-refractivity contribution in [3.63, 3.8) is 0 Å². The van der Waals surface area contributed by atoms with Crippen LogP contribution in [0.5, 0.6) is 0 Å². The molecule has 7 N–H and O–H groups in total. The molecule has 0 aromatic rings. The number of piperidine rings is 1. The molecule has 35 heavy (non-hydrogen) atoms. The molecule has 2 saturated carbocycles. The van der Waals surface area contributed by atoms with Gasteiger partial charge in [0, 0.05) is 56.6 Å². The molecule has 0 aromatic heterocycles. The van der Waals surface area contributed by atoms with Crippen LogP contribution in [0.4, 0.5) is 0 Å². The molecule has 8 atom stereocenters. The summed E-state index contributed by atoms with van der Waals surface area (Å²) in [4.78, 5) is 15.2. The molecule has 9 heteroatoms. The third kappa shape index (κ3) is 7.37. The molecule has 8 unspecified atom stereocenters. The molecule has 0 radical (unpaired) electrons. The highest BCUT2D eigenvalue weighted by Crippen LogP contribution is 2.28. The Morgan fingerprint density at radius 2 is 2.06 bits per heavy atom. The Bertz CT molecular complexity index is 653. The van der Waals surface area contributed by atoms with Crippen LogP contribution in [0.25, 0.3) is 0 Å². The molecule has 4 rings (SSSR count). The van der Waals surface area contributed by atoms with Crippen LogP contribution in [0.1, 0.15) is 64.7 Å². The second kappa shape index (κ2) is 13.7. The number of carbonyl (C=O) groups excluding carboxylic acids is 1. The van der Waals surface area contributed by atoms with E-state index in [0.717, 1.165) is 77.7 Å². The van der Waals surface area contributed by atoms with Crippen molar-refractivity contribution >= 4 is 5.91 Å². The highest BCUT2D eigenvalue weighted by Gasteiger charge is 2.38. The van der Waals surface area contributed by atoms with Crippen LogP contribution in [0.2, 0.25) is 0 Å². The third-order valence-corrected chi connectivity index (χ3v) is 8.83. The van der Waals surface area contributed by atoms with Crippen molar-refractivity contribution in [2.24, 2.45) is 29.2 Å². The Balaban J connectivity index is 1.21. The van der Waals surface area contributed by atoms with E-state index in [1.807, 2.05) is 0 Å². The normalized spacial score (nSPS) is 37.7. The molecular formula is C26H50N6O3. The van der Waals surface area contributed by atoms with Crippen LogP contribution in [0, 0.1) is 17.8 Å². The van der Waals surface area contributed by atoms with E-state index < -0.39 is 0 Å².